The highest BCUT2D eigenvalue weighted by atomic mass is 19.3. The number of amides is 1. The third kappa shape index (κ3) is 3.50. The van der Waals surface area contributed by atoms with Crippen molar-refractivity contribution in [3.8, 4) is 5.75 Å². The van der Waals surface area contributed by atoms with Crippen LogP contribution >= 0.6 is 0 Å². The molecule has 0 spiro atoms. The number of carbonyl (C=O) groups excluding carboxylic acids is 1. The molecule has 21 heavy (non-hydrogen) atoms. The summed E-state index contributed by atoms with van der Waals surface area (Å²) in [6.07, 6.45) is -1.09. The monoisotopic (exact) mass is 295 g/mol. The number of nitrogens with one attached hydrogen (secondary N) is 1. The molecule has 0 bridgehead atoms. The van der Waals surface area contributed by atoms with E-state index in [0.717, 1.165) is 0 Å². The van der Waals surface area contributed by atoms with Crippen molar-refractivity contribution in [1.82, 2.24) is 4.57 Å². The highest BCUT2D eigenvalue weighted by molar-refractivity contribution is 6.03. The highest BCUT2D eigenvalue weighted by Gasteiger charge is 2.14. The summed E-state index contributed by atoms with van der Waals surface area (Å²) in [7, 11) is 1.46. The van der Waals surface area contributed by atoms with E-state index in [0.29, 0.717) is 17.1 Å². The van der Waals surface area contributed by atoms with Gasteiger partial charge in [0.05, 0.1) is 19.3 Å². The SMILES string of the molecule is COc1cc(NC(=O)c2cccn2CC(F)F)ccc1N. The molecular formula is C14H15F2N3O2. The van der Waals surface area contributed by atoms with Gasteiger partial charge in [-0.1, -0.05) is 0 Å². The van der Waals surface area contributed by atoms with Gasteiger partial charge >= 0.3 is 0 Å². The van der Waals surface area contributed by atoms with Crippen molar-refractivity contribution in [2.45, 2.75) is 13.0 Å². The molecule has 0 aliphatic carbocycles. The van der Waals surface area contributed by atoms with Crippen LogP contribution in [0.2, 0.25) is 0 Å². The number of anilines is 2. The minimum Gasteiger partial charge on any atom is -0.495 e. The molecule has 0 atom stereocenters. The van der Waals surface area contributed by atoms with E-state index in [2.05, 4.69) is 5.32 Å². The van der Waals surface area contributed by atoms with Crippen molar-refractivity contribution in [1.29, 1.82) is 0 Å². The van der Waals surface area contributed by atoms with Crippen LogP contribution in [0.1, 0.15) is 10.5 Å². The summed E-state index contributed by atoms with van der Waals surface area (Å²) in [5.74, 6) is -0.0526. The zero-order valence-electron chi connectivity index (χ0n) is 11.3. The number of benzene rings is 1. The molecule has 1 aromatic carbocycles. The lowest BCUT2D eigenvalue weighted by Crippen LogP contribution is -2.18. The van der Waals surface area contributed by atoms with E-state index in [1.54, 1.807) is 24.3 Å². The van der Waals surface area contributed by atoms with Crippen molar-refractivity contribution >= 4 is 17.3 Å². The van der Waals surface area contributed by atoms with E-state index in [9.17, 15) is 13.6 Å². The molecule has 0 unspecified atom stereocenters. The molecule has 0 saturated heterocycles. The van der Waals surface area contributed by atoms with Crippen LogP contribution in [0, 0.1) is 0 Å². The van der Waals surface area contributed by atoms with Crippen LogP contribution in [0.3, 0.4) is 0 Å². The molecule has 0 aliphatic heterocycles. The smallest absolute Gasteiger partial charge is 0.272 e. The first-order valence-electron chi connectivity index (χ1n) is 6.19. The van der Waals surface area contributed by atoms with Crippen LogP contribution in [0.15, 0.2) is 36.5 Å². The Balaban J connectivity index is 2.16. The topological polar surface area (TPSA) is 69.3 Å². The molecule has 7 heteroatoms. The fourth-order valence-electron chi connectivity index (χ4n) is 1.91. The maximum absolute atomic E-state index is 12.4. The Morgan fingerprint density at radius 2 is 2.19 bits per heavy atom. The number of rotatable bonds is 5. The van der Waals surface area contributed by atoms with Gasteiger partial charge in [0.2, 0.25) is 0 Å². The van der Waals surface area contributed by atoms with E-state index in [1.807, 2.05) is 0 Å². The first-order chi connectivity index (χ1) is 10.0. The Bertz CT molecular complexity index is 641. The number of carbonyl (C=O) groups is 1. The lowest BCUT2D eigenvalue weighted by atomic mass is 10.2. The van der Waals surface area contributed by atoms with Gasteiger partial charge in [-0.15, -0.1) is 0 Å². The van der Waals surface area contributed by atoms with Gasteiger partial charge in [0.15, 0.2) is 0 Å². The summed E-state index contributed by atoms with van der Waals surface area (Å²) in [6.45, 7) is -0.527. The van der Waals surface area contributed by atoms with Crippen molar-refractivity contribution in [3.05, 3.63) is 42.2 Å². The third-order valence-corrected chi connectivity index (χ3v) is 2.89. The van der Waals surface area contributed by atoms with Crippen LogP contribution in [-0.2, 0) is 6.54 Å². The van der Waals surface area contributed by atoms with Crippen LogP contribution in [0.5, 0.6) is 5.75 Å². The van der Waals surface area contributed by atoms with Crippen molar-refractivity contribution in [3.63, 3.8) is 0 Å². The van der Waals surface area contributed by atoms with Gasteiger partial charge in [-0.3, -0.25) is 4.79 Å². The zero-order valence-corrected chi connectivity index (χ0v) is 11.3. The fourth-order valence-corrected chi connectivity index (χ4v) is 1.91. The van der Waals surface area contributed by atoms with Crippen LogP contribution in [0.25, 0.3) is 0 Å². The van der Waals surface area contributed by atoms with E-state index in [-0.39, 0.29) is 5.69 Å². The Morgan fingerprint density at radius 1 is 1.43 bits per heavy atom. The fraction of sp³-hybridized carbons (Fsp3) is 0.214. The van der Waals surface area contributed by atoms with Gasteiger partial charge in [0.1, 0.15) is 11.4 Å². The standard InChI is InChI=1S/C14H15F2N3O2/c1-21-12-7-9(4-5-10(12)17)18-14(20)11-3-2-6-19(11)8-13(15)16/h2-7,13H,8,17H2,1H3,(H,18,20). The normalized spacial score (nSPS) is 10.7. The molecule has 0 fully saturated rings. The average Bonchev–Trinajstić information content (AvgIpc) is 2.88. The number of methoxy groups -OCH3 is 1. The molecule has 1 amide bonds. The Morgan fingerprint density at radius 3 is 2.86 bits per heavy atom. The maximum Gasteiger partial charge on any atom is 0.272 e. The molecule has 0 saturated carbocycles. The van der Waals surface area contributed by atoms with Crippen molar-refractivity contribution in [2.24, 2.45) is 0 Å². The summed E-state index contributed by atoms with van der Waals surface area (Å²) in [6, 6.07) is 7.78. The number of ether oxygens (including phenoxy) is 1. The van der Waals surface area contributed by atoms with Crippen LogP contribution < -0.4 is 15.8 Å². The second-order valence-electron chi connectivity index (χ2n) is 4.35. The predicted molar refractivity (Wildman–Crippen MR) is 75.8 cm³/mol. The van der Waals surface area contributed by atoms with Crippen LogP contribution in [-0.4, -0.2) is 24.0 Å². The molecule has 5 nitrogen and oxygen atoms in total. The summed E-state index contributed by atoms with van der Waals surface area (Å²) in [5, 5.41) is 2.62. The maximum atomic E-state index is 12.4. The Kier molecular flexibility index (Phi) is 4.42. The lowest BCUT2D eigenvalue weighted by Gasteiger charge is -2.11. The molecule has 3 N–H and O–H groups in total. The third-order valence-electron chi connectivity index (χ3n) is 2.89. The Hall–Kier alpha value is -2.57. The van der Waals surface area contributed by atoms with Crippen LogP contribution in [0.4, 0.5) is 20.2 Å². The molecule has 1 aromatic heterocycles. The summed E-state index contributed by atoms with van der Waals surface area (Å²) >= 11 is 0. The number of nitrogen functional groups attached to an aromatic ring is 1. The van der Waals surface area contributed by atoms with Gasteiger partial charge in [-0.05, 0) is 24.3 Å². The van der Waals surface area contributed by atoms with Gasteiger partial charge in [-0.25, -0.2) is 8.78 Å². The van der Waals surface area contributed by atoms with E-state index in [4.69, 9.17) is 10.5 Å². The number of nitrogens with two attached hydrogens (primary N) is 1. The van der Waals surface area contributed by atoms with Gasteiger partial charge in [0, 0.05) is 18.0 Å². The second kappa shape index (κ2) is 6.25. The average molecular weight is 295 g/mol. The molecule has 2 rings (SSSR count). The first kappa shape index (κ1) is 14.8. The minimum absolute atomic E-state index is 0.158. The quantitative estimate of drug-likeness (QED) is 0.833. The number of halogens is 2. The van der Waals surface area contributed by atoms with Crippen molar-refractivity contribution in [2.75, 3.05) is 18.2 Å². The minimum atomic E-state index is -2.53. The number of nitrogens with zero attached hydrogens (tertiary/aromatic N) is 1. The number of aromatic nitrogens is 1. The van der Waals surface area contributed by atoms with Gasteiger partial charge in [0.25, 0.3) is 12.3 Å². The van der Waals surface area contributed by atoms with Gasteiger partial charge < -0.3 is 20.4 Å². The highest BCUT2D eigenvalue weighted by Crippen LogP contribution is 2.25. The summed E-state index contributed by atoms with van der Waals surface area (Å²) < 4.78 is 31.1. The molecule has 112 valence electrons. The lowest BCUT2D eigenvalue weighted by molar-refractivity contribution is 0.0998. The van der Waals surface area contributed by atoms with E-state index >= 15 is 0 Å². The van der Waals surface area contributed by atoms with Crippen molar-refractivity contribution < 1.29 is 18.3 Å². The van der Waals surface area contributed by atoms with E-state index < -0.39 is 18.9 Å². The molecule has 1 heterocycles. The zero-order chi connectivity index (χ0) is 15.4. The molecule has 2 aromatic rings. The molecule has 0 radical (unpaired) electrons. The summed E-state index contributed by atoms with van der Waals surface area (Å²) in [4.78, 5) is 12.1. The van der Waals surface area contributed by atoms with E-state index in [1.165, 1.54) is 23.9 Å². The first-order valence-corrected chi connectivity index (χ1v) is 6.19. The Labute approximate surface area is 120 Å². The largest absolute Gasteiger partial charge is 0.495 e. The number of hydrogen-bond acceptors (Lipinski definition) is 3. The molecular weight excluding hydrogens is 280 g/mol. The second-order valence-corrected chi connectivity index (χ2v) is 4.35. The summed E-state index contributed by atoms with van der Waals surface area (Å²) in [5.41, 5.74) is 6.75. The number of hydrogen-bond donors (Lipinski definition) is 2. The number of alkyl halides is 2. The van der Waals surface area contributed by atoms with Gasteiger partial charge in [-0.2, -0.15) is 0 Å². The molecule has 0 aliphatic rings. The predicted octanol–water partition coefficient (Wildman–Crippen LogP) is 2.60.